The minimum absolute atomic E-state index is 0.168. The number of nitrogens with zero attached hydrogens (tertiary/aromatic N) is 3. The predicted octanol–water partition coefficient (Wildman–Crippen LogP) is 16.0. The molecule has 0 saturated heterocycles. The summed E-state index contributed by atoms with van der Waals surface area (Å²) in [4.78, 5) is 0. The van der Waals surface area contributed by atoms with E-state index >= 15 is 0 Å². The molecule has 0 atom stereocenters. The van der Waals surface area contributed by atoms with Crippen LogP contribution in [-0.2, 0) is 0 Å². The third-order valence-electron chi connectivity index (χ3n) is 11.4. The largest absolute Gasteiger partial charge is 0.309 e. The molecular weight excluding hydrogens is 763 g/mol. The molecule has 63 heavy (non-hydrogen) atoms. The molecule has 13 rings (SSSR count). The van der Waals surface area contributed by atoms with Crippen LogP contribution in [0.1, 0.15) is 30.2 Å². The summed E-state index contributed by atoms with van der Waals surface area (Å²) in [5, 5.41) is -2.40. The summed E-state index contributed by atoms with van der Waals surface area (Å²) >= 11 is 0. The normalized spacial score (nSPS) is 16.7. The molecule has 3 heterocycles. The fourth-order valence-corrected chi connectivity index (χ4v) is 8.67. The van der Waals surface area contributed by atoms with Crippen LogP contribution in [0.15, 0.2) is 236 Å². The molecule has 0 N–H and O–H groups in total. The highest BCUT2D eigenvalue weighted by molar-refractivity contribution is 6.16. The van der Waals surface area contributed by atoms with Crippen molar-refractivity contribution in [2.24, 2.45) is 0 Å². The minimum atomic E-state index is -0.902. The summed E-state index contributed by atoms with van der Waals surface area (Å²) in [5.74, 6) is 0. The van der Waals surface area contributed by atoms with Gasteiger partial charge in [0.05, 0.1) is 68.9 Å². The Morgan fingerprint density at radius 3 is 1.35 bits per heavy atom. The lowest BCUT2D eigenvalue weighted by Crippen LogP contribution is -2.02. The Balaban J connectivity index is 1.29. The molecular formula is C60H39N3. The predicted molar refractivity (Wildman–Crippen MR) is 266 cm³/mol. The molecule has 0 spiro atoms. The Bertz CT molecular complexity index is 5130. The van der Waals surface area contributed by atoms with E-state index < -0.39 is 188 Å². The van der Waals surface area contributed by atoms with Gasteiger partial charge >= 0.3 is 0 Å². The minimum Gasteiger partial charge on any atom is -0.309 e. The zero-order chi connectivity index (χ0) is 60.6. The maximum atomic E-state index is 10.5. The highest BCUT2D eigenvalue weighted by Gasteiger charge is 2.22. The number of benzene rings is 10. The van der Waals surface area contributed by atoms with Gasteiger partial charge < -0.3 is 13.7 Å². The molecule has 3 nitrogen and oxygen atoms in total. The monoisotopic (exact) mass is 823 g/mol. The van der Waals surface area contributed by atoms with Crippen molar-refractivity contribution in [3.8, 4) is 50.4 Å². The molecule has 0 fully saturated rings. The molecule has 0 bridgehead atoms. The van der Waals surface area contributed by atoms with E-state index in [2.05, 4.69) is 0 Å². The topological polar surface area (TPSA) is 14.8 Å². The van der Waals surface area contributed by atoms with E-state index in [1.165, 1.54) is 4.57 Å². The first-order valence-corrected chi connectivity index (χ1v) is 19.9. The third-order valence-corrected chi connectivity index (χ3v) is 11.4. The molecule has 294 valence electrons. The lowest BCUT2D eigenvalue weighted by molar-refractivity contribution is 1.13. The second-order valence-electron chi connectivity index (χ2n) is 14.9. The van der Waals surface area contributed by atoms with Crippen LogP contribution in [0.5, 0.6) is 0 Å². The molecule has 0 aliphatic rings. The molecule has 3 aromatic heterocycles. The maximum absolute atomic E-state index is 10.5. The van der Waals surface area contributed by atoms with E-state index in [0.717, 1.165) is 20.3 Å². The molecule has 0 amide bonds. The number of hydrogen-bond donors (Lipinski definition) is 0. The van der Waals surface area contributed by atoms with Crippen LogP contribution in [0.2, 0.25) is 0 Å². The fourth-order valence-electron chi connectivity index (χ4n) is 8.67. The van der Waals surface area contributed by atoms with Gasteiger partial charge in [-0.25, -0.2) is 0 Å². The lowest BCUT2D eigenvalue weighted by atomic mass is 9.95. The van der Waals surface area contributed by atoms with Gasteiger partial charge in [0.2, 0.25) is 0 Å². The van der Waals surface area contributed by atoms with Crippen molar-refractivity contribution in [3.05, 3.63) is 236 Å². The zero-order valence-corrected chi connectivity index (χ0v) is 32.7. The Labute approximate surface area is 395 Å². The Morgan fingerprint density at radius 1 is 0.286 bits per heavy atom. The number of fused-ring (bicyclic) bond motifs is 9. The smallest absolute Gasteiger partial charge is 0.0782 e. The van der Waals surface area contributed by atoms with Crippen molar-refractivity contribution in [1.82, 2.24) is 13.7 Å². The molecule has 0 aliphatic carbocycles. The lowest BCUT2D eigenvalue weighted by Gasteiger charge is -2.17. The van der Waals surface area contributed by atoms with Gasteiger partial charge in [0.15, 0.2) is 0 Å². The van der Waals surface area contributed by atoms with Gasteiger partial charge in [-0.05, 0) is 99.9 Å². The summed E-state index contributed by atoms with van der Waals surface area (Å²) in [6.45, 7) is 0. The third kappa shape index (κ3) is 5.53. The molecule has 13 aromatic rings. The summed E-state index contributed by atoms with van der Waals surface area (Å²) in [6.07, 6.45) is 0. The van der Waals surface area contributed by atoms with E-state index in [0.29, 0.717) is 22.3 Å². The number of para-hydroxylation sites is 5. The molecule has 10 aromatic carbocycles. The summed E-state index contributed by atoms with van der Waals surface area (Å²) in [5.41, 5.74) is 0.533. The van der Waals surface area contributed by atoms with Crippen LogP contribution in [0, 0.1) is 0 Å². The van der Waals surface area contributed by atoms with Crippen molar-refractivity contribution < 1.29 is 30.2 Å². The second kappa shape index (κ2) is 14.1. The van der Waals surface area contributed by atoms with Crippen LogP contribution < -0.4 is 0 Å². The maximum Gasteiger partial charge on any atom is 0.0782 e. The van der Waals surface area contributed by atoms with Crippen molar-refractivity contribution in [2.75, 3.05) is 0 Å². The number of rotatable bonds is 6. The van der Waals surface area contributed by atoms with Gasteiger partial charge in [-0.1, -0.05) is 169 Å². The van der Waals surface area contributed by atoms with Crippen LogP contribution in [0.3, 0.4) is 0 Å². The van der Waals surface area contributed by atoms with Gasteiger partial charge in [0.25, 0.3) is 0 Å². The van der Waals surface area contributed by atoms with Crippen molar-refractivity contribution in [2.45, 2.75) is 0 Å². The van der Waals surface area contributed by atoms with Gasteiger partial charge in [0.1, 0.15) is 0 Å². The Morgan fingerprint density at radius 2 is 0.730 bits per heavy atom. The van der Waals surface area contributed by atoms with Crippen LogP contribution in [-0.4, -0.2) is 13.7 Å². The van der Waals surface area contributed by atoms with E-state index in [1.54, 1.807) is 12.1 Å². The number of hydrogen-bond acceptors (Lipinski definition) is 0. The second-order valence-corrected chi connectivity index (χ2v) is 14.9. The molecule has 3 heteroatoms. The fraction of sp³-hybridized carbons (Fsp3) is 0. The average molecular weight is 824 g/mol. The first kappa shape index (κ1) is 20.0. The van der Waals surface area contributed by atoms with Gasteiger partial charge in [-0.3, -0.25) is 0 Å². The molecule has 0 unspecified atom stereocenters. The number of aromatic nitrogens is 3. The first-order valence-electron chi connectivity index (χ1n) is 30.9. The van der Waals surface area contributed by atoms with Crippen molar-refractivity contribution >= 4 is 65.4 Å². The van der Waals surface area contributed by atoms with E-state index in [4.69, 9.17) is 13.7 Å². The average Bonchev–Trinajstić information content (AvgIpc) is 1.55. The van der Waals surface area contributed by atoms with E-state index in [-0.39, 0.29) is 27.5 Å². The Hall–Kier alpha value is -8.40. The van der Waals surface area contributed by atoms with Crippen molar-refractivity contribution in [1.29, 1.82) is 0 Å². The summed E-state index contributed by atoms with van der Waals surface area (Å²) < 4.78 is 209. The highest BCUT2D eigenvalue weighted by atomic mass is 15.1. The van der Waals surface area contributed by atoms with Gasteiger partial charge in [0, 0.05) is 43.7 Å². The van der Waals surface area contributed by atoms with E-state index in [1.807, 2.05) is 91.0 Å². The van der Waals surface area contributed by atoms with Crippen LogP contribution in [0.4, 0.5) is 0 Å². The summed E-state index contributed by atoms with van der Waals surface area (Å²) in [7, 11) is 0. The van der Waals surface area contributed by atoms with Crippen molar-refractivity contribution in [3.63, 3.8) is 0 Å². The van der Waals surface area contributed by atoms with Crippen LogP contribution in [0.25, 0.3) is 116 Å². The van der Waals surface area contributed by atoms with Crippen LogP contribution >= 0.6 is 0 Å². The van der Waals surface area contributed by atoms with Gasteiger partial charge in [-0.15, -0.1) is 0 Å². The SMILES string of the molecule is [2H]c1c([2H])c([2H])c2c(c1[2H])c1c([2H])c([2H])c([2H])c(-n3c4c([2H])c([2H])c([2H])c([2H])c4c4c([2H])c([2H])c(-n5c6c([2H])c([2H])c([2H])c([2H])c6c6c([2H])c([2H])c([2H])c([2H])c65)c([2H])c43)c1n2-c1cc(-c2ccccc2)cc(-c2cccc(-c3ccccc3)c2)c1. The zero-order valence-electron chi connectivity index (χ0n) is 54.7. The molecule has 0 radical (unpaired) electrons. The first-order chi connectivity index (χ1) is 40.4. The quantitative estimate of drug-likeness (QED) is 0.159. The summed E-state index contributed by atoms with van der Waals surface area (Å²) in [6, 6.07) is 14.6. The highest BCUT2D eigenvalue weighted by Crippen LogP contribution is 2.42. The van der Waals surface area contributed by atoms with Gasteiger partial charge in [-0.2, -0.15) is 0 Å². The standard InChI is InChI=1S/C60H39N3/c1-3-17-40(18-4-1)42-21-15-22-43(35-42)45-36-44(41-19-5-2-6-20-41)37-47(38-45)62-56-30-13-10-26-51(56)53-27-16-32-58(60(53)62)63-57-31-14-9-25-50(57)52-34-33-46(39-59(52)63)61-54-28-11-7-23-48(54)49-24-8-12-29-55(49)61/h1-39H/i7D,8D,9D,10D,11D,12D,13D,14D,16D,23D,24D,25D,26D,27D,28D,29D,30D,31D,32D,33D,34D,39D. The molecule has 0 saturated carbocycles. The Kier molecular flexibility index (Phi) is 4.47. The van der Waals surface area contributed by atoms with E-state index in [9.17, 15) is 16.4 Å². The molecule has 0 aliphatic heterocycles.